The number of carbonyl (C=O) groups excluding carboxylic acids is 2. The van der Waals surface area contributed by atoms with Crippen molar-refractivity contribution in [1.29, 1.82) is 0 Å². The van der Waals surface area contributed by atoms with Gasteiger partial charge in [0, 0.05) is 24.4 Å². The minimum absolute atomic E-state index is 0.0317. The minimum atomic E-state index is -0.323. The number of thioether (sulfide) groups is 1. The van der Waals surface area contributed by atoms with Gasteiger partial charge in [0.05, 0.1) is 10.9 Å². The Kier molecular flexibility index (Phi) is 6.57. The maximum absolute atomic E-state index is 13.3. The molecule has 1 unspecified atom stereocenters. The first-order valence-electron chi connectivity index (χ1n) is 10.6. The van der Waals surface area contributed by atoms with Crippen LogP contribution in [0.15, 0.2) is 46.8 Å². The summed E-state index contributed by atoms with van der Waals surface area (Å²) < 4.78 is 0.708. The van der Waals surface area contributed by atoms with Crippen LogP contribution in [0.5, 0.6) is 0 Å². The zero-order chi connectivity index (χ0) is 22.0. The van der Waals surface area contributed by atoms with Crippen LogP contribution in [-0.2, 0) is 9.59 Å². The molecule has 8 heteroatoms. The van der Waals surface area contributed by atoms with Crippen molar-refractivity contribution in [3.05, 3.63) is 42.5 Å². The Labute approximate surface area is 190 Å². The predicted molar refractivity (Wildman–Crippen MR) is 128 cm³/mol. The van der Waals surface area contributed by atoms with Crippen LogP contribution in [0.4, 0.5) is 10.8 Å². The molecule has 162 valence electrons. The summed E-state index contributed by atoms with van der Waals surface area (Å²) >= 11 is 2.79. The summed E-state index contributed by atoms with van der Waals surface area (Å²) in [6.07, 6.45) is 2.47. The van der Waals surface area contributed by atoms with Gasteiger partial charge in [-0.1, -0.05) is 66.4 Å². The number of fused-ring (bicyclic) bond motifs is 1. The molecule has 0 spiro atoms. The highest BCUT2D eigenvalue weighted by molar-refractivity contribution is 8.02. The van der Waals surface area contributed by atoms with Crippen molar-refractivity contribution in [2.45, 2.75) is 55.7 Å². The lowest BCUT2D eigenvalue weighted by Crippen LogP contribution is -2.36. The highest BCUT2D eigenvalue weighted by atomic mass is 32.2. The average molecular weight is 455 g/mol. The smallest absolute Gasteiger partial charge is 0.240 e. The van der Waals surface area contributed by atoms with Crippen molar-refractivity contribution in [1.82, 2.24) is 10.2 Å². The monoisotopic (exact) mass is 454 g/mol. The predicted octanol–water partition coefficient (Wildman–Crippen LogP) is 5.13. The summed E-state index contributed by atoms with van der Waals surface area (Å²) in [6.45, 7) is 6.34. The first kappa shape index (κ1) is 21.8. The van der Waals surface area contributed by atoms with Gasteiger partial charge in [-0.25, -0.2) is 0 Å². The Morgan fingerprint density at radius 3 is 2.58 bits per heavy atom. The summed E-state index contributed by atoms with van der Waals surface area (Å²) in [4.78, 5) is 29.3. The van der Waals surface area contributed by atoms with Crippen LogP contribution in [0.2, 0.25) is 0 Å². The number of rotatable bonds is 8. The van der Waals surface area contributed by atoms with E-state index in [0.29, 0.717) is 22.4 Å². The van der Waals surface area contributed by atoms with E-state index in [-0.39, 0.29) is 23.1 Å². The van der Waals surface area contributed by atoms with Crippen molar-refractivity contribution in [3.63, 3.8) is 0 Å². The van der Waals surface area contributed by atoms with E-state index in [9.17, 15) is 9.59 Å². The van der Waals surface area contributed by atoms with Crippen LogP contribution < -0.4 is 9.80 Å². The highest BCUT2D eigenvalue weighted by Gasteiger charge is 2.35. The molecule has 0 N–H and O–H groups in total. The fourth-order valence-electron chi connectivity index (χ4n) is 3.63. The quantitative estimate of drug-likeness (QED) is 0.349. The van der Waals surface area contributed by atoms with Crippen LogP contribution in [0.3, 0.4) is 0 Å². The van der Waals surface area contributed by atoms with Gasteiger partial charge in [-0.15, -0.1) is 10.2 Å². The number of carbonyl (C=O) groups is 2. The molecular weight excluding hydrogens is 428 g/mol. The Hall–Kier alpha value is -2.45. The molecule has 1 aliphatic carbocycles. The molecule has 2 amide bonds. The molecule has 1 atom stereocenters. The van der Waals surface area contributed by atoms with Crippen molar-refractivity contribution < 1.29 is 9.59 Å². The van der Waals surface area contributed by atoms with Crippen molar-refractivity contribution in [2.75, 3.05) is 16.3 Å². The Morgan fingerprint density at radius 2 is 1.87 bits per heavy atom. The van der Waals surface area contributed by atoms with E-state index in [4.69, 9.17) is 0 Å². The van der Waals surface area contributed by atoms with Gasteiger partial charge in [-0.3, -0.25) is 14.5 Å². The lowest BCUT2D eigenvalue weighted by molar-refractivity contribution is -0.119. The van der Waals surface area contributed by atoms with Crippen LogP contribution in [0, 0.1) is 0 Å². The summed E-state index contributed by atoms with van der Waals surface area (Å²) in [5, 5.41) is 11.0. The van der Waals surface area contributed by atoms with E-state index in [2.05, 4.69) is 22.3 Å². The summed E-state index contributed by atoms with van der Waals surface area (Å²) in [5.74, 6) is 0.108. The van der Waals surface area contributed by atoms with Crippen LogP contribution >= 0.6 is 23.1 Å². The molecule has 0 aliphatic heterocycles. The number of nitrogens with zero attached hydrogens (tertiary/aromatic N) is 4. The maximum atomic E-state index is 13.3. The van der Waals surface area contributed by atoms with E-state index in [0.717, 1.165) is 29.3 Å². The third-order valence-electron chi connectivity index (χ3n) is 5.35. The lowest BCUT2D eigenvalue weighted by atomic mass is 10.1. The van der Waals surface area contributed by atoms with E-state index in [1.807, 2.05) is 56.0 Å². The number of amides is 2. The second-order valence-electron chi connectivity index (χ2n) is 7.54. The Morgan fingerprint density at radius 1 is 1.13 bits per heavy atom. The van der Waals surface area contributed by atoms with E-state index < -0.39 is 0 Å². The molecule has 6 nitrogen and oxygen atoms in total. The second kappa shape index (κ2) is 9.36. The minimum Gasteiger partial charge on any atom is -0.311 e. The van der Waals surface area contributed by atoms with E-state index in [1.165, 1.54) is 23.1 Å². The number of anilines is 2. The SMILES string of the molecule is CCC(=O)N(c1nnc(SC(C)C(=O)N(CC)c2cccc3ccccc23)s1)C1CC1. The summed E-state index contributed by atoms with van der Waals surface area (Å²) in [5.41, 5.74) is 0.921. The third-order valence-corrected chi connectivity index (χ3v) is 7.44. The molecule has 2 aromatic carbocycles. The largest absolute Gasteiger partial charge is 0.311 e. The molecule has 1 fully saturated rings. The van der Waals surface area contributed by atoms with Gasteiger partial charge >= 0.3 is 0 Å². The summed E-state index contributed by atoms with van der Waals surface area (Å²) in [6, 6.07) is 14.4. The van der Waals surface area contributed by atoms with Gasteiger partial charge in [0.1, 0.15) is 0 Å². The van der Waals surface area contributed by atoms with Gasteiger partial charge in [0.25, 0.3) is 0 Å². The molecule has 1 aromatic heterocycles. The number of benzene rings is 2. The normalized spacial score (nSPS) is 14.4. The fraction of sp³-hybridized carbons (Fsp3) is 0.391. The number of hydrogen-bond acceptors (Lipinski definition) is 6. The fourth-order valence-corrected chi connectivity index (χ4v) is 5.76. The zero-order valence-electron chi connectivity index (χ0n) is 17.9. The molecule has 4 rings (SSSR count). The Bertz CT molecular complexity index is 1090. The Balaban J connectivity index is 1.51. The van der Waals surface area contributed by atoms with Crippen LogP contribution in [0.1, 0.15) is 40.0 Å². The van der Waals surface area contributed by atoms with Crippen molar-refractivity contribution >= 4 is 56.5 Å². The van der Waals surface area contributed by atoms with E-state index in [1.54, 1.807) is 4.90 Å². The molecule has 1 saturated carbocycles. The van der Waals surface area contributed by atoms with Gasteiger partial charge < -0.3 is 4.90 Å². The standard InChI is InChI=1S/C23H26N4O2S2/c1-4-20(28)27(17-13-14-17)22-24-25-23(31-22)30-15(3)21(29)26(5-2)19-12-8-10-16-9-6-7-11-18(16)19/h6-12,15,17H,4-5,13-14H2,1-3H3. The molecule has 1 aliphatic rings. The zero-order valence-corrected chi connectivity index (χ0v) is 19.6. The molecule has 0 saturated heterocycles. The number of aromatic nitrogens is 2. The molecular formula is C23H26N4O2S2. The molecule has 0 radical (unpaired) electrons. The van der Waals surface area contributed by atoms with Crippen LogP contribution in [-0.4, -0.2) is 39.8 Å². The first-order valence-corrected chi connectivity index (χ1v) is 12.3. The molecule has 3 aromatic rings. The highest BCUT2D eigenvalue weighted by Crippen LogP contribution is 2.38. The number of hydrogen-bond donors (Lipinski definition) is 0. The van der Waals surface area contributed by atoms with Gasteiger partial charge in [-0.05, 0) is 38.1 Å². The average Bonchev–Trinajstić information content (AvgIpc) is 3.52. The van der Waals surface area contributed by atoms with Gasteiger partial charge in [-0.2, -0.15) is 0 Å². The van der Waals surface area contributed by atoms with Crippen molar-refractivity contribution in [3.8, 4) is 0 Å². The van der Waals surface area contributed by atoms with Crippen molar-refractivity contribution in [2.24, 2.45) is 0 Å². The lowest BCUT2D eigenvalue weighted by Gasteiger charge is -2.25. The molecule has 1 heterocycles. The van der Waals surface area contributed by atoms with E-state index >= 15 is 0 Å². The third kappa shape index (κ3) is 4.60. The second-order valence-corrected chi connectivity index (χ2v) is 10.1. The molecule has 31 heavy (non-hydrogen) atoms. The maximum Gasteiger partial charge on any atom is 0.240 e. The van der Waals surface area contributed by atoms with Gasteiger partial charge in [0.15, 0.2) is 4.34 Å². The molecule has 0 bridgehead atoms. The van der Waals surface area contributed by atoms with Gasteiger partial charge in [0.2, 0.25) is 16.9 Å². The summed E-state index contributed by atoms with van der Waals surface area (Å²) in [7, 11) is 0. The topological polar surface area (TPSA) is 66.4 Å². The first-order chi connectivity index (χ1) is 15.0. The van der Waals surface area contributed by atoms with Crippen LogP contribution in [0.25, 0.3) is 10.8 Å².